The molecule has 3 nitrogen and oxygen atoms in total. The molecule has 2 N–H and O–H groups in total. The lowest BCUT2D eigenvalue weighted by molar-refractivity contribution is 0.619. The summed E-state index contributed by atoms with van der Waals surface area (Å²) in [7, 11) is 0. The van der Waals surface area contributed by atoms with E-state index in [-0.39, 0.29) is 5.82 Å². The molecule has 0 aliphatic carbocycles. The molecule has 2 aromatic rings. The second-order valence-corrected chi connectivity index (χ2v) is 5.61. The molecule has 0 spiro atoms. The van der Waals surface area contributed by atoms with E-state index in [0.717, 1.165) is 19.3 Å². The normalized spacial score (nSPS) is 10.8. The molecule has 2 rings (SSSR count). The number of benzene rings is 1. The van der Waals surface area contributed by atoms with Gasteiger partial charge in [-0.25, -0.2) is 9.07 Å². The highest BCUT2D eigenvalue weighted by molar-refractivity contribution is 14.1. The quantitative estimate of drug-likeness (QED) is 0.773. The third-order valence-electron chi connectivity index (χ3n) is 2.42. The van der Waals surface area contributed by atoms with E-state index < -0.39 is 0 Å². The number of aromatic nitrogens is 2. The minimum absolute atomic E-state index is 0.264. The zero-order chi connectivity index (χ0) is 12.6. The van der Waals surface area contributed by atoms with Crippen LogP contribution in [0.4, 0.5) is 10.2 Å². The number of anilines is 1. The summed E-state index contributed by atoms with van der Waals surface area (Å²) in [5.74, 6) is 0.347. The Morgan fingerprint density at radius 2 is 2.24 bits per heavy atom. The fourth-order valence-corrected chi connectivity index (χ4v) is 2.28. The minimum atomic E-state index is -0.264. The second kappa shape index (κ2) is 4.93. The van der Waals surface area contributed by atoms with Crippen LogP contribution in [0.15, 0.2) is 22.7 Å². The predicted molar refractivity (Wildman–Crippen MR) is 77.3 cm³/mol. The van der Waals surface area contributed by atoms with Gasteiger partial charge < -0.3 is 5.73 Å². The van der Waals surface area contributed by atoms with Crippen molar-refractivity contribution in [3.05, 3.63) is 43.3 Å². The zero-order valence-corrected chi connectivity index (χ0v) is 12.8. The summed E-state index contributed by atoms with van der Waals surface area (Å²) in [4.78, 5) is 0. The Bertz CT molecular complexity index is 568. The van der Waals surface area contributed by atoms with Gasteiger partial charge in [-0.3, -0.25) is 0 Å². The van der Waals surface area contributed by atoms with E-state index in [4.69, 9.17) is 5.73 Å². The lowest BCUT2D eigenvalue weighted by atomic mass is 10.2. The van der Waals surface area contributed by atoms with E-state index >= 15 is 0 Å². The van der Waals surface area contributed by atoms with Crippen molar-refractivity contribution in [2.45, 2.75) is 13.5 Å². The van der Waals surface area contributed by atoms with E-state index in [2.05, 4.69) is 43.6 Å². The molecule has 1 aromatic heterocycles. The lowest BCUT2D eigenvalue weighted by Gasteiger charge is -2.06. The van der Waals surface area contributed by atoms with Gasteiger partial charge in [0.05, 0.1) is 15.8 Å². The first-order valence-electron chi connectivity index (χ1n) is 4.91. The van der Waals surface area contributed by atoms with Gasteiger partial charge >= 0.3 is 0 Å². The minimum Gasteiger partial charge on any atom is -0.383 e. The van der Waals surface area contributed by atoms with E-state index in [1.807, 2.05) is 6.92 Å². The van der Waals surface area contributed by atoms with Crippen LogP contribution in [-0.4, -0.2) is 9.78 Å². The number of nitrogens with zero attached hydrogens (tertiary/aromatic N) is 2. The van der Waals surface area contributed by atoms with Gasteiger partial charge in [-0.15, -0.1) is 0 Å². The predicted octanol–water partition coefficient (Wildman–Crippen LogP) is 3.33. The molecule has 0 unspecified atom stereocenters. The molecule has 17 heavy (non-hydrogen) atoms. The summed E-state index contributed by atoms with van der Waals surface area (Å²) < 4.78 is 16.6. The lowest BCUT2D eigenvalue weighted by Crippen LogP contribution is -2.07. The van der Waals surface area contributed by atoms with Crippen LogP contribution < -0.4 is 5.73 Å². The molecule has 0 saturated heterocycles. The molecule has 0 bridgehead atoms. The molecule has 6 heteroatoms. The van der Waals surface area contributed by atoms with Gasteiger partial charge in [0.2, 0.25) is 0 Å². The van der Waals surface area contributed by atoms with Crippen molar-refractivity contribution >= 4 is 44.3 Å². The van der Waals surface area contributed by atoms with Crippen LogP contribution in [0.5, 0.6) is 0 Å². The van der Waals surface area contributed by atoms with E-state index in [1.54, 1.807) is 10.7 Å². The highest BCUT2D eigenvalue weighted by Gasteiger charge is 2.11. The molecule has 90 valence electrons. The highest BCUT2D eigenvalue weighted by atomic mass is 127. The highest BCUT2D eigenvalue weighted by Crippen LogP contribution is 2.23. The van der Waals surface area contributed by atoms with Crippen LogP contribution in [0.1, 0.15) is 11.3 Å². The maximum Gasteiger partial charge on any atom is 0.135 e. The number of aryl methyl sites for hydroxylation is 1. The summed E-state index contributed by atoms with van der Waals surface area (Å²) in [5, 5.41) is 4.32. The zero-order valence-electron chi connectivity index (χ0n) is 9.04. The topological polar surface area (TPSA) is 43.8 Å². The maximum atomic E-state index is 13.2. The number of hydrogen-bond donors (Lipinski definition) is 1. The summed E-state index contributed by atoms with van der Waals surface area (Å²) >= 11 is 5.54. The Kier molecular flexibility index (Phi) is 3.72. The first-order chi connectivity index (χ1) is 7.99. The van der Waals surface area contributed by atoms with Crippen molar-refractivity contribution < 1.29 is 4.39 Å². The van der Waals surface area contributed by atoms with Crippen molar-refractivity contribution in [3.8, 4) is 0 Å². The number of nitrogen functional groups attached to an aromatic ring is 1. The van der Waals surface area contributed by atoms with Gasteiger partial charge in [-0.2, -0.15) is 5.10 Å². The van der Waals surface area contributed by atoms with E-state index in [0.29, 0.717) is 12.4 Å². The Morgan fingerprint density at radius 3 is 2.82 bits per heavy atom. The first kappa shape index (κ1) is 12.8. The van der Waals surface area contributed by atoms with Gasteiger partial charge in [-0.05, 0) is 53.3 Å². The van der Waals surface area contributed by atoms with Crippen LogP contribution >= 0.6 is 38.5 Å². The summed E-state index contributed by atoms with van der Waals surface area (Å²) in [6, 6.07) is 4.57. The summed E-state index contributed by atoms with van der Waals surface area (Å²) in [6.45, 7) is 2.35. The largest absolute Gasteiger partial charge is 0.383 e. The standard InChI is InChI=1S/C11H10BrFIN3/c1-6-10(14)11(15)17(16-6)5-7-4-8(13)2-3-9(7)12/h2-4H,5,15H2,1H3. The van der Waals surface area contributed by atoms with Crippen LogP contribution in [0, 0.1) is 16.3 Å². The fraction of sp³-hybridized carbons (Fsp3) is 0.182. The number of nitrogens with two attached hydrogens (primary N) is 1. The molecular formula is C11H10BrFIN3. The monoisotopic (exact) mass is 409 g/mol. The van der Waals surface area contributed by atoms with Gasteiger partial charge in [0.15, 0.2) is 0 Å². The van der Waals surface area contributed by atoms with Crippen LogP contribution in [0.3, 0.4) is 0 Å². The number of halogens is 3. The number of hydrogen-bond acceptors (Lipinski definition) is 2. The van der Waals surface area contributed by atoms with Crippen LogP contribution in [0.2, 0.25) is 0 Å². The third kappa shape index (κ3) is 2.62. The molecule has 1 aromatic carbocycles. The van der Waals surface area contributed by atoms with Crippen molar-refractivity contribution in [1.82, 2.24) is 9.78 Å². The average Bonchev–Trinajstić information content (AvgIpc) is 2.52. The first-order valence-corrected chi connectivity index (χ1v) is 6.78. The molecule has 1 heterocycles. The van der Waals surface area contributed by atoms with Gasteiger partial charge in [0, 0.05) is 4.47 Å². The van der Waals surface area contributed by atoms with E-state index in [1.165, 1.54) is 12.1 Å². The molecule has 0 aliphatic heterocycles. The summed E-state index contributed by atoms with van der Waals surface area (Å²) in [5.41, 5.74) is 7.62. The molecule has 0 saturated carbocycles. The SMILES string of the molecule is Cc1nn(Cc2cc(F)ccc2Br)c(N)c1I. The fourth-order valence-electron chi connectivity index (χ4n) is 1.52. The van der Waals surface area contributed by atoms with Crippen molar-refractivity contribution in [2.75, 3.05) is 5.73 Å². The van der Waals surface area contributed by atoms with Crippen LogP contribution in [0.25, 0.3) is 0 Å². The third-order valence-corrected chi connectivity index (χ3v) is 4.53. The van der Waals surface area contributed by atoms with Gasteiger partial charge in [0.1, 0.15) is 11.6 Å². The Morgan fingerprint density at radius 1 is 1.53 bits per heavy atom. The van der Waals surface area contributed by atoms with Crippen molar-refractivity contribution in [1.29, 1.82) is 0 Å². The molecule has 0 atom stereocenters. The Hall–Kier alpha value is -0.630. The average molecular weight is 410 g/mol. The smallest absolute Gasteiger partial charge is 0.135 e. The summed E-state index contributed by atoms with van der Waals surface area (Å²) in [6.07, 6.45) is 0. The van der Waals surface area contributed by atoms with Crippen molar-refractivity contribution in [2.24, 2.45) is 0 Å². The molecular weight excluding hydrogens is 400 g/mol. The molecule has 0 fully saturated rings. The second-order valence-electron chi connectivity index (χ2n) is 3.68. The Balaban J connectivity index is 2.37. The van der Waals surface area contributed by atoms with Gasteiger partial charge in [0.25, 0.3) is 0 Å². The van der Waals surface area contributed by atoms with E-state index in [9.17, 15) is 4.39 Å². The maximum absolute atomic E-state index is 13.2. The molecule has 0 aliphatic rings. The Labute approximate surface area is 120 Å². The number of rotatable bonds is 2. The van der Waals surface area contributed by atoms with Gasteiger partial charge in [-0.1, -0.05) is 15.9 Å². The van der Waals surface area contributed by atoms with Crippen molar-refractivity contribution in [3.63, 3.8) is 0 Å². The van der Waals surface area contributed by atoms with Crippen LogP contribution in [-0.2, 0) is 6.54 Å². The molecule has 0 amide bonds. The molecule has 0 radical (unpaired) electrons.